The molecule has 1 aliphatic heterocycles. The molecule has 0 radical (unpaired) electrons. The number of aromatic nitrogens is 4. The van der Waals surface area contributed by atoms with Gasteiger partial charge >= 0.3 is 0 Å². The molecule has 6 heteroatoms. The van der Waals surface area contributed by atoms with Crippen LogP contribution in [0, 0.1) is 0 Å². The molecular formula is C14H16N4O2. The third-order valence-corrected chi connectivity index (χ3v) is 3.36. The standard InChI is InChI=1S/C7H10N2O.C7H6N2O/c2*10-7-5-6-3-1-2-4-9(6)8-7/h5H,1-4H2,(H,8,10);1-5H,(H,8,10). The Bertz CT molecular complexity index is 759. The van der Waals surface area contributed by atoms with Crippen LogP contribution in [0.5, 0.6) is 0 Å². The van der Waals surface area contributed by atoms with Crippen LogP contribution in [0.2, 0.25) is 0 Å². The molecule has 0 aliphatic carbocycles. The van der Waals surface area contributed by atoms with Gasteiger partial charge in [-0.1, -0.05) is 6.07 Å². The summed E-state index contributed by atoms with van der Waals surface area (Å²) in [5.41, 5.74) is 2.03. The van der Waals surface area contributed by atoms with Crippen LogP contribution in [0.4, 0.5) is 0 Å². The maximum absolute atomic E-state index is 10.8. The van der Waals surface area contributed by atoms with Crippen molar-refractivity contribution in [1.29, 1.82) is 0 Å². The summed E-state index contributed by atoms with van der Waals surface area (Å²) in [6.07, 6.45) is 5.27. The number of nitrogens with zero attached hydrogens (tertiary/aromatic N) is 2. The predicted octanol–water partition coefficient (Wildman–Crippen LogP) is 1.14. The quantitative estimate of drug-likeness (QED) is 0.644. The molecule has 0 saturated heterocycles. The summed E-state index contributed by atoms with van der Waals surface area (Å²) in [5, 5.41) is 5.38. The zero-order valence-corrected chi connectivity index (χ0v) is 11.0. The monoisotopic (exact) mass is 272 g/mol. The van der Waals surface area contributed by atoms with Gasteiger partial charge in [-0.3, -0.25) is 29.0 Å². The molecule has 0 aromatic carbocycles. The molecule has 20 heavy (non-hydrogen) atoms. The van der Waals surface area contributed by atoms with Gasteiger partial charge in [-0.15, -0.1) is 0 Å². The Morgan fingerprint density at radius 3 is 2.65 bits per heavy atom. The smallest absolute Gasteiger partial charge is 0.264 e. The normalized spacial score (nSPS) is 13.6. The van der Waals surface area contributed by atoms with Gasteiger partial charge in [0.1, 0.15) is 0 Å². The van der Waals surface area contributed by atoms with Crippen LogP contribution in [0.15, 0.2) is 46.1 Å². The summed E-state index contributed by atoms with van der Waals surface area (Å²) >= 11 is 0. The third-order valence-electron chi connectivity index (χ3n) is 3.36. The first-order valence-corrected chi connectivity index (χ1v) is 6.67. The first kappa shape index (κ1) is 12.5. The molecular weight excluding hydrogens is 256 g/mol. The van der Waals surface area contributed by atoms with Crippen molar-refractivity contribution in [2.75, 3.05) is 0 Å². The van der Waals surface area contributed by atoms with Crippen LogP contribution in [0.3, 0.4) is 0 Å². The van der Waals surface area contributed by atoms with Crippen molar-refractivity contribution >= 4 is 5.52 Å². The molecule has 0 fully saturated rings. The first-order valence-electron chi connectivity index (χ1n) is 6.67. The van der Waals surface area contributed by atoms with Crippen molar-refractivity contribution in [1.82, 2.24) is 19.4 Å². The molecule has 0 unspecified atom stereocenters. The van der Waals surface area contributed by atoms with Gasteiger partial charge in [0.2, 0.25) is 0 Å². The molecule has 1 aliphatic rings. The summed E-state index contributed by atoms with van der Waals surface area (Å²) in [6, 6.07) is 8.88. The van der Waals surface area contributed by atoms with Gasteiger partial charge in [0.25, 0.3) is 11.1 Å². The van der Waals surface area contributed by atoms with Crippen molar-refractivity contribution in [3.63, 3.8) is 0 Å². The Labute approximate surface area is 114 Å². The predicted molar refractivity (Wildman–Crippen MR) is 76.0 cm³/mol. The zero-order valence-electron chi connectivity index (χ0n) is 11.0. The second-order valence-electron chi connectivity index (χ2n) is 4.84. The lowest BCUT2D eigenvalue weighted by Gasteiger charge is -2.12. The van der Waals surface area contributed by atoms with Crippen LogP contribution in [0.1, 0.15) is 18.5 Å². The molecule has 4 heterocycles. The number of aryl methyl sites for hydroxylation is 2. The van der Waals surface area contributed by atoms with E-state index in [4.69, 9.17) is 0 Å². The number of fused-ring (bicyclic) bond motifs is 2. The molecule has 0 bridgehead atoms. The molecule has 0 spiro atoms. The molecule has 4 rings (SSSR count). The highest BCUT2D eigenvalue weighted by Gasteiger charge is 2.08. The highest BCUT2D eigenvalue weighted by atomic mass is 16.1. The number of rotatable bonds is 0. The van der Waals surface area contributed by atoms with Gasteiger partial charge in [-0.05, 0) is 31.4 Å². The maximum Gasteiger partial charge on any atom is 0.264 e. The molecule has 104 valence electrons. The summed E-state index contributed by atoms with van der Waals surface area (Å²) in [4.78, 5) is 21.5. The Morgan fingerprint density at radius 2 is 1.85 bits per heavy atom. The number of pyridine rings is 1. The van der Waals surface area contributed by atoms with E-state index in [-0.39, 0.29) is 11.1 Å². The van der Waals surface area contributed by atoms with Crippen molar-refractivity contribution in [2.45, 2.75) is 25.8 Å². The topological polar surface area (TPSA) is 75.1 Å². The van der Waals surface area contributed by atoms with Gasteiger partial charge in [-0.25, -0.2) is 0 Å². The Balaban J connectivity index is 0.000000121. The van der Waals surface area contributed by atoms with E-state index < -0.39 is 0 Å². The summed E-state index contributed by atoms with van der Waals surface area (Å²) in [7, 11) is 0. The van der Waals surface area contributed by atoms with Gasteiger partial charge in [0, 0.05) is 30.6 Å². The van der Waals surface area contributed by atoms with E-state index in [2.05, 4.69) is 10.2 Å². The third kappa shape index (κ3) is 2.59. The lowest BCUT2D eigenvalue weighted by atomic mass is 10.1. The van der Waals surface area contributed by atoms with Gasteiger partial charge < -0.3 is 0 Å². The van der Waals surface area contributed by atoms with E-state index in [1.807, 2.05) is 22.9 Å². The van der Waals surface area contributed by atoms with Crippen molar-refractivity contribution < 1.29 is 0 Å². The number of hydrogen-bond donors (Lipinski definition) is 2. The van der Waals surface area contributed by atoms with Crippen LogP contribution < -0.4 is 11.1 Å². The number of H-pyrrole nitrogens is 2. The number of hydrogen-bond acceptors (Lipinski definition) is 2. The van der Waals surface area contributed by atoms with E-state index in [0.29, 0.717) is 0 Å². The highest BCUT2D eigenvalue weighted by Crippen LogP contribution is 2.09. The Hall–Kier alpha value is -2.50. The minimum atomic E-state index is -0.0637. The average Bonchev–Trinajstić information content (AvgIpc) is 2.99. The van der Waals surface area contributed by atoms with E-state index in [0.717, 1.165) is 24.2 Å². The average molecular weight is 272 g/mol. The Kier molecular flexibility index (Phi) is 3.28. The van der Waals surface area contributed by atoms with Gasteiger partial charge in [-0.2, -0.15) is 0 Å². The molecule has 6 nitrogen and oxygen atoms in total. The second kappa shape index (κ2) is 5.24. The Morgan fingerprint density at radius 1 is 1.00 bits per heavy atom. The largest absolute Gasteiger partial charge is 0.289 e. The molecule has 0 amide bonds. The fourth-order valence-corrected chi connectivity index (χ4v) is 2.41. The first-order chi connectivity index (χ1) is 9.72. The van der Waals surface area contributed by atoms with Crippen LogP contribution >= 0.6 is 0 Å². The van der Waals surface area contributed by atoms with Crippen LogP contribution in [0.25, 0.3) is 5.52 Å². The van der Waals surface area contributed by atoms with Gasteiger partial charge in [0.15, 0.2) is 0 Å². The second-order valence-corrected chi connectivity index (χ2v) is 4.84. The van der Waals surface area contributed by atoms with Crippen LogP contribution in [-0.4, -0.2) is 19.4 Å². The SMILES string of the molecule is O=c1cc2ccccn2[nH]1.O=c1cc2n([nH]1)CCCC2. The number of nitrogens with one attached hydrogen (secondary N) is 2. The van der Waals surface area contributed by atoms with Crippen molar-refractivity contribution in [3.05, 3.63) is 62.9 Å². The maximum atomic E-state index is 10.8. The van der Waals surface area contributed by atoms with E-state index in [1.165, 1.54) is 12.8 Å². The number of aromatic amines is 2. The van der Waals surface area contributed by atoms with E-state index in [1.54, 1.807) is 22.8 Å². The van der Waals surface area contributed by atoms with E-state index >= 15 is 0 Å². The summed E-state index contributed by atoms with van der Waals surface area (Å²) < 4.78 is 3.63. The summed E-state index contributed by atoms with van der Waals surface area (Å²) in [6.45, 7) is 0.984. The minimum Gasteiger partial charge on any atom is -0.289 e. The highest BCUT2D eigenvalue weighted by molar-refractivity contribution is 5.44. The zero-order chi connectivity index (χ0) is 13.9. The molecule has 0 atom stereocenters. The lowest BCUT2D eigenvalue weighted by Crippen LogP contribution is -2.11. The molecule has 3 aromatic rings. The lowest BCUT2D eigenvalue weighted by molar-refractivity contribution is 0.484. The molecule has 0 saturated carbocycles. The molecule has 3 aromatic heterocycles. The molecule has 2 N–H and O–H groups in total. The van der Waals surface area contributed by atoms with Gasteiger partial charge in [0.05, 0.1) is 5.52 Å². The van der Waals surface area contributed by atoms with Crippen molar-refractivity contribution in [3.8, 4) is 0 Å². The fraction of sp³-hybridized carbons (Fsp3) is 0.286. The fourth-order valence-electron chi connectivity index (χ4n) is 2.41. The van der Waals surface area contributed by atoms with E-state index in [9.17, 15) is 9.59 Å². The summed E-state index contributed by atoms with van der Waals surface area (Å²) in [5.74, 6) is 0. The minimum absolute atomic E-state index is 0.0388. The van der Waals surface area contributed by atoms with Crippen molar-refractivity contribution in [2.24, 2.45) is 0 Å². The van der Waals surface area contributed by atoms with Crippen LogP contribution in [-0.2, 0) is 13.0 Å².